The molecule has 210 valence electrons. The zero-order chi connectivity index (χ0) is 28.4. The first kappa shape index (κ1) is 27.4. The van der Waals surface area contributed by atoms with Crippen LogP contribution in [0.2, 0.25) is 0 Å². The molecule has 0 unspecified atom stereocenters. The van der Waals surface area contributed by atoms with Crippen molar-refractivity contribution in [2.75, 3.05) is 20.2 Å². The number of amides is 4. The van der Waals surface area contributed by atoms with Crippen LogP contribution in [0.3, 0.4) is 0 Å². The van der Waals surface area contributed by atoms with Crippen LogP contribution in [0.4, 0.5) is 9.18 Å². The molecule has 2 aliphatic rings. The highest BCUT2D eigenvalue weighted by Crippen LogP contribution is 2.32. The number of hydrogen-bond acceptors (Lipinski definition) is 4. The smallest absolute Gasteiger partial charge is 0.319 e. The molecule has 9 heteroatoms. The number of piperazine rings is 1. The van der Waals surface area contributed by atoms with Crippen LogP contribution < -0.4 is 10.1 Å². The van der Waals surface area contributed by atoms with Gasteiger partial charge in [0.1, 0.15) is 12.2 Å². The van der Waals surface area contributed by atoms with E-state index in [0.717, 1.165) is 16.3 Å². The van der Waals surface area contributed by atoms with Crippen LogP contribution in [0, 0.1) is 11.7 Å². The van der Waals surface area contributed by atoms with Gasteiger partial charge in [0, 0.05) is 26.1 Å². The first-order valence-electron chi connectivity index (χ1n) is 13.8. The van der Waals surface area contributed by atoms with E-state index in [9.17, 15) is 18.8 Å². The van der Waals surface area contributed by atoms with Gasteiger partial charge in [0.25, 0.3) is 0 Å². The first-order valence-corrected chi connectivity index (χ1v) is 13.8. The summed E-state index contributed by atoms with van der Waals surface area (Å²) in [6.45, 7) is 5.01. The van der Waals surface area contributed by atoms with Crippen molar-refractivity contribution in [2.24, 2.45) is 5.92 Å². The number of carbonyl (C=O) groups excluding carboxylic acids is 3. The molecule has 0 bridgehead atoms. The molecular formula is C31H35FN4O4. The molecule has 2 fully saturated rings. The van der Waals surface area contributed by atoms with Crippen molar-refractivity contribution in [3.8, 4) is 5.75 Å². The number of rotatable bonds is 7. The highest BCUT2D eigenvalue weighted by Gasteiger charge is 2.50. The summed E-state index contributed by atoms with van der Waals surface area (Å²) in [6, 6.07) is 17.6. The minimum Gasteiger partial charge on any atom is -0.494 e. The maximum Gasteiger partial charge on any atom is 0.319 e. The third kappa shape index (κ3) is 5.20. The molecule has 0 radical (unpaired) electrons. The van der Waals surface area contributed by atoms with Gasteiger partial charge in [0.15, 0.2) is 11.6 Å². The van der Waals surface area contributed by atoms with Crippen LogP contribution in [0.1, 0.15) is 37.8 Å². The van der Waals surface area contributed by atoms with Crippen molar-refractivity contribution in [3.63, 3.8) is 0 Å². The van der Waals surface area contributed by atoms with Gasteiger partial charge in [-0.05, 0) is 39.9 Å². The summed E-state index contributed by atoms with van der Waals surface area (Å²) in [5.74, 6) is -0.651. The highest BCUT2D eigenvalue weighted by molar-refractivity contribution is 5.92. The summed E-state index contributed by atoms with van der Waals surface area (Å²) in [5.41, 5.74) is 1.71. The quantitative estimate of drug-likeness (QED) is 0.473. The number of ether oxygens (including phenoxy) is 1. The summed E-state index contributed by atoms with van der Waals surface area (Å²) < 4.78 is 18.9. The van der Waals surface area contributed by atoms with E-state index in [4.69, 9.17) is 4.74 Å². The van der Waals surface area contributed by atoms with E-state index in [2.05, 4.69) is 5.32 Å². The summed E-state index contributed by atoms with van der Waals surface area (Å²) >= 11 is 0. The Labute approximate surface area is 233 Å². The lowest BCUT2D eigenvalue weighted by Gasteiger charge is -2.53. The van der Waals surface area contributed by atoms with Crippen molar-refractivity contribution in [3.05, 3.63) is 77.6 Å². The lowest BCUT2D eigenvalue weighted by molar-refractivity contribution is -0.170. The van der Waals surface area contributed by atoms with Crippen LogP contribution in [0.15, 0.2) is 60.7 Å². The van der Waals surface area contributed by atoms with E-state index in [0.29, 0.717) is 18.5 Å². The van der Waals surface area contributed by atoms with Crippen LogP contribution in [-0.2, 0) is 22.7 Å². The average Bonchev–Trinajstić information content (AvgIpc) is 2.97. The lowest BCUT2D eigenvalue weighted by atomic mass is 9.91. The molecule has 2 saturated heterocycles. The zero-order valence-electron chi connectivity index (χ0n) is 23.1. The second kappa shape index (κ2) is 11.5. The van der Waals surface area contributed by atoms with Crippen molar-refractivity contribution < 1.29 is 23.5 Å². The normalized spacial score (nSPS) is 19.9. The molecule has 0 saturated carbocycles. The third-order valence-electron chi connectivity index (χ3n) is 8.13. The van der Waals surface area contributed by atoms with Gasteiger partial charge >= 0.3 is 6.03 Å². The monoisotopic (exact) mass is 546 g/mol. The Morgan fingerprint density at radius 2 is 1.90 bits per heavy atom. The number of urea groups is 1. The van der Waals surface area contributed by atoms with Crippen LogP contribution in [0.25, 0.3) is 10.8 Å². The van der Waals surface area contributed by atoms with Gasteiger partial charge in [0.2, 0.25) is 11.8 Å². The molecule has 2 heterocycles. The SMILES string of the molecule is CC[C@H](C)[C@H]1C(=O)N(Cc2cccc3ccccc23)C[C@@H]2N(C(=O)NCc3ccc(F)c(OC)c3)CCC(=O)N12. The van der Waals surface area contributed by atoms with Crippen LogP contribution in [-0.4, -0.2) is 65.0 Å². The van der Waals surface area contributed by atoms with Crippen LogP contribution in [0.5, 0.6) is 5.75 Å². The van der Waals surface area contributed by atoms with E-state index in [1.807, 2.05) is 56.3 Å². The van der Waals surface area contributed by atoms with Gasteiger partial charge in [-0.2, -0.15) is 0 Å². The maximum atomic E-state index is 13.9. The zero-order valence-corrected chi connectivity index (χ0v) is 23.1. The fourth-order valence-electron chi connectivity index (χ4n) is 5.78. The number of hydrogen-bond donors (Lipinski definition) is 1. The fourth-order valence-corrected chi connectivity index (χ4v) is 5.78. The number of halogens is 1. The molecule has 5 rings (SSSR count). The van der Waals surface area contributed by atoms with Gasteiger partial charge in [-0.3, -0.25) is 9.59 Å². The number of methoxy groups -OCH3 is 1. The number of carbonyl (C=O) groups is 3. The minimum absolute atomic E-state index is 0.0797. The predicted octanol–water partition coefficient (Wildman–Crippen LogP) is 4.51. The van der Waals surface area contributed by atoms with E-state index in [-0.39, 0.29) is 55.6 Å². The Hall–Kier alpha value is -4.14. The molecule has 0 spiro atoms. The van der Waals surface area contributed by atoms with E-state index < -0.39 is 18.0 Å². The van der Waals surface area contributed by atoms with Crippen molar-refractivity contribution in [1.82, 2.24) is 20.0 Å². The molecule has 3 atom stereocenters. The molecule has 40 heavy (non-hydrogen) atoms. The molecule has 4 amide bonds. The summed E-state index contributed by atoms with van der Waals surface area (Å²) in [5, 5.41) is 5.08. The average molecular weight is 547 g/mol. The van der Waals surface area contributed by atoms with E-state index in [1.165, 1.54) is 13.2 Å². The molecule has 0 aliphatic carbocycles. The third-order valence-corrected chi connectivity index (χ3v) is 8.13. The second-order valence-corrected chi connectivity index (χ2v) is 10.5. The van der Waals surface area contributed by atoms with Crippen molar-refractivity contribution >= 4 is 28.6 Å². The van der Waals surface area contributed by atoms with Crippen molar-refractivity contribution in [1.29, 1.82) is 0 Å². The Morgan fingerprint density at radius 3 is 2.67 bits per heavy atom. The molecule has 3 aromatic rings. The predicted molar refractivity (Wildman–Crippen MR) is 150 cm³/mol. The lowest BCUT2D eigenvalue weighted by Crippen LogP contribution is -2.72. The Morgan fingerprint density at radius 1 is 1.12 bits per heavy atom. The van der Waals surface area contributed by atoms with Gasteiger partial charge in [-0.15, -0.1) is 0 Å². The number of benzene rings is 3. The first-order chi connectivity index (χ1) is 19.3. The van der Waals surface area contributed by atoms with Crippen LogP contribution >= 0.6 is 0 Å². The molecule has 0 aromatic heterocycles. The second-order valence-electron chi connectivity index (χ2n) is 10.5. The summed E-state index contributed by atoms with van der Waals surface area (Å²) in [6.07, 6.45) is 0.279. The van der Waals surface area contributed by atoms with E-state index in [1.54, 1.807) is 26.8 Å². The molecule has 8 nitrogen and oxygen atoms in total. The summed E-state index contributed by atoms with van der Waals surface area (Å²) in [4.78, 5) is 45.7. The van der Waals surface area contributed by atoms with E-state index >= 15 is 0 Å². The van der Waals surface area contributed by atoms with Gasteiger partial charge in [-0.25, -0.2) is 9.18 Å². The number of nitrogens with one attached hydrogen (secondary N) is 1. The molecular weight excluding hydrogens is 511 g/mol. The van der Waals surface area contributed by atoms with Gasteiger partial charge in [-0.1, -0.05) is 68.8 Å². The molecule has 3 aromatic carbocycles. The summed E-state index contributed by atoms with van der Waals surface area (Å²) in [7, 11) is 1.39. The number of nitrogens with zero attached hydrogens (tertiary/aromatic N) is 3. The number of fused-ring (bicyclic) bond motifs is 2. The largest absolute Gasteiger partial charge is 0.494 e. The highest BCUT2D eigenvalue weighted by atomic mass is 19.1. The maximum absolute atomic E-state index is 13.9. The molecule has 1 N–H and O–H groups in total. The molecule has 2 aliphatic heterocycles. The van der Waals surface area contributed by atoms with Gasteiger partial charge < -0.3 is 24.8 Å². The fraction of sp³-hybridized carbons (Fsp3) is 0.387. The Kier molecular flexibility index (Phi) is 7.91. The van der Waals surface area contributed by atoms with Gasteiger partial charge in [0.05, 0.1) is 13.7 Å². The Bertz CT molecular complexity index is 1420. The van der Waals surface area contributed by atoms with Crippen molar-refractivity contribution in [2.45, 2.75) is 52.0 Å². The Balaban J connectivity index is 1.41. The standard InChI is InChI=1S/C31H35FN4O4/c1-4-20(2)29-30(38)34(18-23-10-7-9-22-8-5-6-11-24(22)23)19-27-35(15-14-28(37)36(27)29)31(39)33-17-21-12-13-25(32)26(16-21)40-3/h5-13,16,20,27,29H,4,14-15,17-19H2,1-3H3,(H,33,39)/t20-,27+,29-/m0/s1. The topological polar surface area (TPSA) is 82.2 Å². The minimum atomic E-state index is -0.650.